The first-order valence-corrected chi connectivity index (χ1v) is 9.98. The van der Waals surface area contributed by atoms with Gasteiger partial charge in [0, 0.05) is 10.4 Å². The number of para-hydroxylation sites is 1. The molecule has 3 nitrogen and oxygen atoms in total. The fourth-order valence-electron chi connectivity index (χ4n) is 3.77. The van der Waals surface area contributed by atoms with Gasteiger partial charge in [-0.15, -0.1) is 11.8 Å². The fourth-order valence-corrected chi connectivity index (χ4v) is 5.61. The van der Waals surface area contributed by atoms with Crippen molar-refractivity contribution in [3.63, 3.8) is 0 Å². The van der Waals surface area contributed by atoms with Crippen LogP contribution in [0.25, 0.3) is 0 Å². The average Bonchev–Trinajstić information content (AvgIpc) is 2.84. The summed E-state index contributed by atoms with van der Waals surface area (Å²) < 4.78 is -0.630. The third-order valence-corrected chi connectivity index (χ3v) is 6.66. The van der Waals surface area contributed by atoms with E-state index in [1.165, 1.54) is 11.1 Å². The zero-order valence-electron chi connectivity index (χ0n) is 16.1. The van der Waals surface area contributed by atoms with E-state index >= 15 is 0 Å². The van der Waals surface area contributed by atoms with E-state index in [0.29, 0.717) is 0 Å². The number of anilines is 1. The molecule has 1 atom stereocenters. The lowest BCUT2D eigenvalue weighted by Gasteiger charge is -2.31. The molecule has 1 N–H and O–H groups in total. The number of rotatable bonds is 6. The van der Waals surface area contributed by atoms with Crippen molar-refractivity contribution in [2.45, 2.75) is 36.2 Å². The molecule has 0 radical (unpaired) electrons. The molecule has 3 rings (SSSR count). The minimum atomic E-state index is -0.550. The molecule has 0 aromatic heterocycles. The van der Waals surface area contributed by atoms with Crippen molar-refractivity contribution in [1.29, 1.82) is 0 Å². The Kier molecular flexibility index (Phi) is 5.44. The quantitative estimate of drug-likeness (QED) is 0.791. The van der Waals surface area contributed by atoms with Gasteiger partial charge in [-0.05, 0) is 70.6 Å². The maximum Gasteiger partial charge on any atom is 0.245 e. The number of carbonyl (C=O) groups is 1. The van der Waals surface area contributed by atoms with Gasteiger partial charge in [0.1, 0.15) is 4.75 Å². The van der Waals surface area contributed by atoms with Crippen LogP contribution in [0.15, 0.2) is 54.6 Å². The first-order chi connectivity index (χ1) is 12.3. The highest BCUT2D eigenvalue weighted by Gasteiger charge is 2.52. The Morgan fingerprint density at radius 3 is 2.27 bits per heavy atom. The second-order valence-electron chi connectivity index (χ2n) is 7.71. The first-order valence-electron chi connectivity index (χ1n) is 9.16. The van der Waals surface area contributed by atoms with E-state index in [2.05, 4.69) is 62.4 Å². The van der Waals surface area contributed by atoms with Crippen molar-refractivity contribution in [2.75, 3.05) is 26.0 Å². The second kappa shape index (κ2) is 7.45. The van der Waals surface area contributed by atoms with Crippen LogP contribution in [0.3, 0.4) is 0 Å². The van der Waals surface area contributed by atoms with Gasteiger partial charge in [-0.1, -0.05) is 42.5 Å². The largest absolute Gasteiger partial charge is 0.325 e. The van der Waals surface area contributed by atoms with Crippen LogP contribution in [0.4, 0.5) is 5.69 Å². The minimum absolute atomic E-state index is 0.0806. The Morgan fingerprint density at radius 2 is 1.62 bits per heavy atom. The van der Waals surface area contributed by atoms with Crippen LogP contribution >= 0.6 is 11.8 Å². The van der Waals surface area contributed by atoms with Crippen molar-refractivity contribution >= 4 is 23.4 Å². The lowest BCUT2D eigenvalue weighted by Crippen LogP contribution is -2.37. The number of nitrogens with one attached hydrogen (secondary N) is 1. The molecule has 0 bridgehead atoms. The highest BCUT2D eigenvalue weighted by Crippen LogP contribution is 2.60. The van der Waals surface area contributed by atoms with Crippen molar-refractivity contribution in [3.8, 4) is 0 Å². The standard InChI is InChI=1S/C22H28N2OS/c1-21(2)18-13-8-9-14-19(18)22(26-21,15-10-16-24(3)4)20(25)23-17-11-6-5-7-12-17/h5-9,11-14H,10,15-16H2,1-4H3,(H,23,25). The summed E-state index contributed by atoms with van der Waals surface area (Å²) in [5, 5.41) is 3.17. The molecule has 26 heavy (non-hydrogen) atoms. The number of hydrogen-bond donors (Lipinski definition) is 1. The third kappa shape index (κ3) is 3.67. The number of hydrogen-bond acceptors (Lipinski definition) is 3. The molecule has 4 heteroatoms. The zero-order valence-corrected chi connectivity index (χ0v) is 16.9. The summed E-state index contributed by atoms with van der Waals surface area (Å²) in [6, 6.07) is 18.2. The van der Waals surface area contributed by atoms with Crippen molar-refractivity contribution < 1.29 is 4.79 Å². The molecule has 1 unspecified atom stereocenters. The molecule has 0 aliphatic carbocycles. The van der Waals surface area contributed by atoms with Crippen LogP contribution in [-0.2, 0) is 14.3 Å². The van der Waals surface area contributed by atoms with Crippen LogP contribution in [0.2, 0.25) is 0 Å². The number of carbonyl (C=O) groups excluding carboxylic acids is 1. The number of amides is 1. The van der Waals surface area contributed by atoms with E-state index in [9.17, 15) is 4.79 Å². The second-order valence-corrected chi connectivity index (χ2v) is 9.63. The van der Waals surface area contributed by atoms with E-state index in [-0.39, 0.29) is 10.7 Å². The van der Waals surface area contributed by atoms with Gasteiger partial charge in [-0.25, -0.2) is 0 Å². The predicted molar refractivity (Wildman–Crippen MR) is 112 cm³/mol. The lowest BCUT2D eigenvalue weighted by molar-refractivity contribution is -0.118. The molecule has 0 saturated carbocycles. The van der Waals surface area contributed by atoms with Crippen molar-refractivity contribution in [2.24, 2.45) is 0 Å². The molecule has 1 amide bonds. The van der Waals surface area contributed by atoms with Gasteiger partial charge in [0.2, 0.25) is 5.91 Å². The maximum absolute atomic E-state index is 13.5. The summed E-state index contributed by atoms with van der Waals surface area (Å²) >= 11 is 1.79. The number of thioether (sulfide) groups is 1. The smallest absolute Gasteiger partial charge is 0.245 e. The van der Waals surface area contributed by atoms with Gasteiger partial charge in [-0.2, -0.15) is 0 Å². The Balaban J connectivity index is 1.97. The molecule has 2 aromatic rings. The van der Waals surface area contributed by atoms with Crippen molar-refractivity contribution in [1.82, 2.24) is 4.90 Å². The van der Waals surface area contributed by atoms with Gasteiger partial charge < -0.3 is 10.2 Å². The van der Waals surface area contributed by atoms with Crippen LogP contribution in [-0.4, -0.2) is 31.4 Å². The van der Waals surface area contributed by atoms with Gasteiger partial charge in [0.05, 0.1) is 0 Å². The van der Waals surface area contributed by atoms with Gasteiger partial charge in [0.15, 0.2) is 0 Å². The number of nitrogens with zero attached hydrogens (tertiary/aromatic N) is 1. The van der Waals surface area contributed by atoms with Gasteiger partial charge >= 0.3 is 0 Å². The minimum Gasteiger partial charge on any atom is -0.325 e. The molecule has 0 spiro atoms. The van der Waals surface area contributed by atoms with Crippen LogP contribution in [0.5, 0.6) is 0 Å². The monoisotopic (exact) mass is 368 g/mol. The Morgan fingerprint density at radius 1 is 1.00 bits per heavy atom. The van der Waals surface area contributed by atoms with E-state index in [1.807, 2.05) is 30.3 Å². The van der Waals surface area contributed by atoms with Crippen LogP contribution < -0.4 is 5.32 Å². The third-order valence-electron chi connectivity index (χ3n) is 4.97. The van der Waals surface area contributed by atoms with E-state index in [4.69, 9.17) is 0 Å². The van der Waals surface area contributed by atoms with Gasteiger partial charge in [0.25, 0.3) is 0 Å². The highest BCUT2D eigenvalue weighted by molar-refractivity contribution is 8.02. The molecule has 1 heterocycles. The Hall–Kier alpha value is -1.78. The Labute approximate surface area is 161 Å². The molecular weight excluding hydrogens is 340 g/mol. The van der Waals surface area contributed by atoms with Crippen molar-refractivity contribution in [3.05, 3.63) is 65.7 Å². The lowest BCUT2D eigenvalue weighted by atomic mass is 9.85. The normalized spacial score (nSPS) is 20.8. The average molecular weight is 369 g/mol. The number of fused-ring (bicyclic) bond motifs is 1. The molecule has 0 fully saturated rings. The fraction of sp³-hybridized carbons (Fsp3) is 0.409. The molecule has 2 aromatic carbocycles. The predicted octanol–water partition coefficient (Wildman–Crippen LogP) is 4.84. The molecule has 1 aliphatic rings. The summed E-state index contributed by atoms with van der Waals surface area (Å²) in [6.07, 6.45) is 1.81. The summed E-state index contributed by atoms with van der Waals surface area (Å²) in [5.74, 6) is 0.0884. The SMILES string of the molecule is CN(C)CCCC1(C(=O)Nc2ccccc2)SC(C)(C)c2ccccc21. The maximum atomic E-state index is 13.5. The summed E-state index contributed by atoms with van der Waals surface area (Å²) in [5.41, 5.74) is 3.30. The van der Waals surface area contributed by atoms with Crippen LogP contribution in [0, 0.1) is 0 Å². The van der Waals surface area contributed by atoms with E-state index in [0.717, 1.165) is 25.1 Å². The summed E-state index contributed by atoms with van der Waals surface area (Å²) in [6.45, 7) is 5.42. The van der Waals surface area contributed by atoms with E-state index < -0.39 is 4.75 Å². The molecule has 1 aliphatic heterocycles. The zero-order chi connectivity index (χ0) is 18.8. The topological polar surface area (TPSA) is 32.3 Å². The molecular formula is C22H28N2OS. The highest BCUT2D eigenvalue weighted by atomic mass is 32.2. The number of benzene rings is 2. The molecule has 0 saturated heterocycles. The van der Waals surface area contributed by atoms with Gasteiger partial charge in [-0.3, -0.25) is 4.79 Å². The van der Waals surface area contributed by atoms with E-state index in [1.54, 1.807) is 11.8 Å². The van der Waals surface area contributed by atoms with Crippen LogP contribution in [0.1, 0.15) is 37.8 Å². The summed E-state index contributed by atoms with van der Waals surface area (Å²) in [4.78, 5) is 15.7. The molecule has 138 valence electrons. The Bertz CT molecular complexity index is 773. The first kappa shape index (κ1) is 19.0. The summed E-state index contributed by atoms with van der Waals surface area (Å²) in [7, 11) is 4.16.